The predicted octanol–water partition coefficient (Wildman–Crippen LogP) is 2.31. The SMILES string of the molecule is COc1ccc(-c2nnc3ccc(N4CCC(C(=O)NCC5CCCO5)CC4)nn23)cc1. The van der Waals surface area contributed by atoms with Gasteiger partial charge in [0.1, 0.15) is 11.6 Å². The summed E-state index contributed by atoms with van der Waals surface area (Å²) in [7, 11) is 1.65. The van der Waals surface area contributed by atoms with Crippen molar-refractivity contribution in [3.8, 4) is 17.1 Å². The van der Waals surface area contributed by atoms with E-state index in [0.29, 0.717) is 18.0 Å². The number of anilines is 1. The lowest BCUT2D eigenvalue weighted by Crippen LogP contribution is -2.42. The van der Waals surface area contributed by atoms with Crippen LogP contribution in [0.25, 0.3) is 17.0 Å². The molecule has 9 nitrogen and oxygen atoms in total. The van der Waals surface area contributed by atoms with Crippen molar-refractivity contribution >= 4 is 17.4 Å². The molecule has 1 amide bonds. The Balaban J connectivity index is 1.24. The Morgan fingerprint density at radius 3 is 2.66 bits per heavy atom. The summed E-state index contributed by atoms with van der Waals surface area (Å²) in [5.74, 6) is 2.53. The standard InChI is InChI=1S/C23H28N6O3/c1-31-18-6-4-16(5-7-18)22-26-25-20-8-9-21(27-29(20)22)28-12-10-17(11-13-28)23(30)24-15-19-3-2-14-32-19/h4-9,17,19H,2-3,10-15H2,1H3,(H,24,30). The lowest BCUT2D eigenvalue weighted by Gasteiger charge is -2.32. The van der Waals surface area contributed by atoms with Crippen molar-refractivity contribution in [2.45, 2.75) is 31.8 Å². The summed E-state index contributed by atoms with van der Waals surface area (Å²) in [6.07, 6.45) is 3.92. The summed E-state index contributed by atoms with van der Waals surface area (Å²) in [4.78, 5) is 14.8. The lowest BCUT2D eigenvalue weighted by atomic mass is 9.96. The number of carbonyl (C=O) groups excluding carboxylic acids is 1. The molecule has 0 saturated carbocycles. The van der Waals surface area contributed by atoms with E-state index in [1.165, 1.54) is 0 Å². The molecule has 1 aromatic carbocycles. The number of fused-ring (bicyclic) bond motifs is 1. The summed E-state index contributed by atoms with van der Waals surface area (Å²) in [5.41, 5.74) is 1.62. The maximum absolute atomic E-state index is 12.6. The molecule has 168 valence electrons. The normalized spacial score (nSPS) is 19.4. The number of hydrogen-bond donors (Lipinski definition) is 1. The quantitative estimate of drug-likeness (QED) is 0.634. The first-order valence-corrected chi connectivity index (χ1v) is 11.2. The molecule has 1 N–H and O–H groups in total. The third-order valence-corrected chi connectivity index (χ3v) is 6.31. The van der Waals surface area contributed by atoms with E-state index in [1.807, 2.05) is 36.4 Å². The number of ether oxygens (including phenoxy) is 2. The summed E-state index contributed by atoms with van der Waals surface area (Å²) in [5, 5.41) is 16.5. The van der Waals surface area contributed by atoms with E-state index in [4.69, 9.17) is 14.6 Å². The Hall–Kier alpha value is -3.20. The van der Waals surface area contributed by atoms with Crippen LogP contribution < -0.4 is 15.0 Å². The molecule has 32 heavy (non-hydrogen) atoms. The fraction of sp³-hybridized carbons (Fsp3) is 0.478. The van der Waals surface area contributed by atoms with E-state index in [2.05, 4.69) is 20.4 Å². The van der Waals surface area contributed by atoms with Crippen LogP contribution in [0.15, 0.2) is 36.4 Å². The number of amides is 1. The molecule has 2 aliphatic rings. The zero-order valence-electron chi connectivity index (χ0n) is 18.2. The number of hydrogen-bond acceptors (Lipinski definition) is 7. The summed E-state index contributed by atoms with van der Waals surface area (Å²) >= 11 is 0. The number of nitrogens with zero attached hydrogens (tertiary/aromatic N) is 5. The van der Waals surface area contributed by atoms with Gasteiger partial charge >= 0.3 is 0 Å². The largest absolute Gasteiger partial charge is 0.497 e. The second kappa shape index (κ2) is 9.12. The first-order valence-electron chi connectivity index (χ1n) is 11.2. The van der Waals surface area contributed by atoms with Crippen molar-refractivity contribution in [3.05, 3.63) is 36.4 Å². The predicted molar refractivity (Wildman–Crippen MR) is 120 cm³/mol. The molecular weight excluding hydrogens is 408 g/mol. The number of benzene rings is 1. The third kappa shape index (κ3) is 4.25. The summed E-state index contributed by atoms with van der Waals surface area (Å²) in [6, 6.07) is 11.6. The Bertz CT molecular complexity index is 1070. The van der Waals surface area contributed by atoms with E-state index < -0.39 is 0 Å². The van der Waals surface area contributed by atoms with Gasteiger partial charge in [-0.1, -0.05) is 0 Å². The van der Waals surface area contributed by atoms with Crippen molar-refractivity contribution in [1.82, 2.24) is 25.1 Å². The van der Waals surface area contributed by atoms with Gasteiger partial charge in [0.05, 0.1) is 13.2 Å². The second-order valence-corrected chi connectivity index (χ2v) is 8.36. The Kier molecular flexibility index (Phi) is 5.89. The molecule has 1 unspecified atom stereocenters. The van der Waals surface area contributed by atoms with Crippen molar-refractivity contribution in [2.75, 3.05) is 38.3 Å². The molecule has 2 aromatic heterocycles. The molecular formula is C23H28N6O3. The van der Waals surface area contributed by atoms with Crippen LogP contribution in [-0.4, -0.2) is 65.2 Å². The van der Waals surface area contributed by atoms with E-state index in [-0.39, 0.29) is 17.9 Å². The van der Waals surface area contributed by atoms with Crippen molar-refractivity contribution in [1.29, 1.82) is 0 Å². The molecule has 4 heterocycles. The molecule has 2 saturated heterocycles. The van der Waals surface area contributed by atoms with Crippen molar-refractivity contribution < 1.29 is 14.3 Å². The summed E-state index contributed by atoms with van der Waals surface area (Å²) < 4.78 is 12.6. The highest BCUT2D eigenvalue weighted by Gasteiger charge is 2.27. The molecule has 9 heteroatoms. The Morgan fingerprint density at radius 2 is 1.94 bits per heavy atom. The topological polar surface area (TPSA) is 93.9 Å². The number of piperidine rings is 1. The number of nitrogens with one attached hydrogen (secondary N) is 1. The van der Waals surface area contributed by atoms with Gasteiger partial charge in [-0.3, -0.25) is 4.79 Å². The zero-order valence-corrected chi connectivity index (χ0v) is 18.2. The molecule has 2 fully saturated rings. The van der Waals surface area contributed by atoms with Crippen LogP contribution in [0.2, 0.25) is 0 Å². The van der Waals surface area contributed by atoms with Gasteiger partial charge < -0.3 is 19.7 Å². The van der Waals surface area contributed by atoms with E-state index in [9.17, 15) is 4.79 Å². The van der Waals surface area contributed by atoms with E-state index in [1.54, 1.807) is 11.6 Å². The van der Waals surface area contributed by atoms with Crippen LogP contribution >= 0.6 is 0 Å². The average molecular weight is 437 g/mol. The van der Waals surface area contributed by atoms with Gasteiger partial charge in [0.15, 0.2) is 11.5 Å². The second-order valence-electron chi connectivity index (χ2n) is 8.36. The highest BCUT2D eigenvalue weighted by molar-refractivity contribution is 5.79. The van der Waals surface area contributed by atoms with E-state index in [0.717, 1.165) is 62.5 Å². The lowest BCUT2D eigenvalue weighted by molar-refractivity contribution is -0.126. The Morgan fingerprint density at radius 1 is 1.12 bits per heavy atom. The minimum atomic E-state index is 0.0427. The van der Waals surface area contributed by atoms with Gasteiger partial charge in [0.2, 0.25) is 5.91 Å². The monoisotopic (exact) mass is 436 g/mol. The molecule has 5 rings (SSSR count). The van der Waals surface area contributed by atoms with Crippen LogP contribution in [0.3, 0.4) is 0 Å². The molecule has 0 bridgehead atoms. The average Bonchev–Trinajstić information content (AvgIpc) is 3.52. The minimum absolute atomic E-state index is 0.0427. The maximum atomic E-state index is 12.6. The highest BCUT2D eigenvalue weighted by Crippen LogP contribution is 2.25. The van der Waals surface area contributed by atoms with Gasteiger partial charge in [-0.05, 0) is 62.1 Å². The van der Waals surface area contributed by atoms with Crippen molar-refractivity contribution in [3.63, 3.8) is 0 Å². The number of rotatable bonds is 6. The van der Waals surface area contributed by atoms with Crippen LogP contribution in [0.5, 0.6) is 5.75 Å². The van der Waals surface area contributed by atoms with Crippen LogP contribution in [-0.2, 0) is 9.53 Å². The molecule has 0 radical (unpaired) electrons. The fourth-order valence-corrected chi connectivity index (χ4v) is 4.40. The molecule has 1 atom stereocenters. The first kappa shape index (κ1) is 20.7. The molecule has 2 aliphatic heterocycles. The number of carbonyl (C=O) groups is 1. The molecule has 0 aliphatic carbocycles. The third-order valence-electron chi connectivity index (χ3n) is 6.31. The number of aromatic nitrogens is 4. The van der Waals surface area contributed by atoms with Crippen LogP contribution in [0, 0.1) is 5.92 Å². The van der Waals surface area contributed by atoms with Crippen LogP contribution in [0.1, 0.15) is 25.7 Å². The van der Waals surface area contributed by atoms with Crippen LogP contribution in [0.4, 0.5) is 5.82 Å². The van der Waals surface area contributed by atoms with Gasteiger partial charge in [-0.15, -0.1) is 15.3 Å². The molecule has 3 aromatic rings. The van der Waals surface area contributed by atoms with E-state index >= 15 is 0 Å². The smallest absolute Gasteiger partial charge is 0.223 e. The first-order chi connectivity index (χ1) is 15.7. The molecule has 0 spiro atoms. The van der Waals surface area contributed by atoms with Crippen molar-refractivity contribution in [2.24, 2.45) is 5.92 Å². The van der Waals surface area contributed by atoms with Gasteiger partial charge in [-0.2, -0.15) is 4.52 Å². The number of methoxy groups -OCH3 is 1. The van der Waals surface area contributed by atoms with Gasteiger partial charge in [-0.25, -0.2) is 0 Å². The highest BCUT2D eigenvalue weighted by atomic mass is 16.5. The fourth-order valence-electron chi connectivity index (χ4n) is 4.40. The minimum Gasteiger partial charge on any atom is -0.497 e. The van der Waals surface area contributed by atoms with Gasteiger partial charge in [0, 0.05) is 37.7 Å². The Labute approximate surface area is 186 Å². The van der Waals surface area contributed by atoms with Gasteiger partial charge in [0.25, 0.3) is 0 Å². The maximum Gasteiger partial charge on any atom is 0.223 e. The zero-order chi connectivity index (χ0) is 21.9. The summed E-state index contributed by atoms with van der Waals surface area (Å²) in [6.45, 7) is 3.01.